The Bertz CT molecular complexity index is 850. The van der Waals surface area contributed by atoms with Gasteiger partial charge in [0.2, 0.25) is 0 Å². The third-order valence-electron chi connectivity index (χ3n) is 4.10. The van der Waals surface area contributed by atoms with Crippen molar-refractivity contribution < 1.29 is 4.74 Å². The van der Waals surface area contributed by atoms with Crippen LogP contribution in [0.5, 0.6) is 0 Å². The lowest BCUT2D eigenvalue weighted by Gasteiger charge is -2.33. The zero-order valence-corrected chi connectivity index (χ0v) is 14.0. The molecule has 2 aromatic rings. The summed E-state index contributed by atoms with van der Waals surface area (Å²) in [6.45, 7) is 4.91. The minimum absolute atomic E-state index is 0.317. The van der Waals surface area contributed by atoms with E-state index in [4.69, 9.17) is 22.7 Å². The van der Waals surface area contributed by atoms with E-state index in [1.807, 2.05) is 26.0 Å². The van der Waals surface area contributed by atoms with Gasteiger partial charge in [0.15, 0.2) is 0 Å². The zero-order chi connectivity index (χ0) is 16.6. The average Bonchev–Trinajstić information content (AvgIpc) is 2.52. The van der Waals surface area contributed by atoms with Crippen molar-refractivity contribution in [1.82, 2.24) is 9.55 Å². The number of nitrogens with two attached hydrogens (primary N) is 1. The quantitative estimate of drug-likeness (QED) is 0.859. The first-order valence-corrected chi connectivity index (χ1v) is 7.81. The van der Waals surface area contributed by atoms with Crippen LogP contribution in [0, 0.1) is 16.0 Å². The van der Waals surface area contributed by atoms with Crippen LogP contribution in [0.2, 0.25) is 0 Å². The first-order valence-electron chi connectivity index (χ1n) is 7.40. The number of rotatable bonds is 2. The molecule has 3 rings (SSSR count). The van der Waals surface area contributed by atoms with E-state index in [-0.39, 0.29) is 5.60 Å². The zero-order valence-electron chi connectivity index (χ0n) is 13.2. The first kappa shape index (κ1) is 15.7. The lowest BCUT2D eigenvalue weighted by Crippen LogP contribution is -2.33. The molecule has 0 fully saturated rings. The summed E-state index contributed by atoms with van der Waals surface area (Å²) in [6.07, 6.45) is 4.12. The molecule has 0 radical (unpaired) electrons. The Hall–Kier alpha value is -2.23. The molecule has 3 heterocycles. The van der Waals surface area contributed by atoms with Crippen LogP contribution in [0.25, 0.3) is 0 Å². The van der Waals surface area contributed by atoms with Gasteiger partial charge in [0.1, 0.15) is 16.5 Å². The minimum Gasteiger partial charge on any atom is -0.384 e. The highest BCUT2D eigenvalue weighted by atomic mass is 32.1. The molecule has 118 valence electrons. The summed E-state index contributed by atoms with van der Waals surface area (Å²) in [5.41, 5.74) is 9.26. The maximum atomic E-state index is 9.60. The Morgan fingerprint density at radius 2 is 2.26 bits per heavy atom. The van der Waals surface area contributed by atoms with E-state index in [0.717, 1.165) is 16.7 Å². The lowest BCUT2D eigenvalue weighted by atomic mass is 9.89. The highest BCUT2D eigenvalue weighted by Crippen LogP contribution is 2.33. The predicted octanol–water partition coefficient (Wildman–Crippen LogP) is 2.97. The number of nitriles is 1. The second kappa shape index (κ2) is 5.76. The fraction of sp³-hybridized carbons (Fsp3) is 0.353. The van der Waals surface area contributed by atoms with Crippen LogP contribution in [0.1, 0.15) is 36.1 Å². The van der Waals surface area contributed by atoms with Gasteiger partial charge in [0.25, 0.3) is 0 Å². The van der Waals surface area contributed by atoms with Crippen molar-refractivity contribution in [3.8, 4) is 6.07 Å². The van der Waals surface area contributed by atoms with Crippen LogP contribution < -0.4 is 5.73 Å². The molecule has 1 aliphatic heterocycles. The van der Waals surface area contributed by atoms with Crippen LogP contribution in [0.3, 0.4) is 0 Å². The molecule has 2 aromatic heterocycles. The fourth-order valence-corrected chi connectivity index (χ4v) is 3.23. The Balaban J connectivity index is 2.17. The van der Waals surface area contributed by atoms with Gasteiger partial charge in [-0.25, -0.2) is 0 Å². The molecule has 1 aliphatic rings. The SMILES string of the molecule is CC1(C)Cc2c(C#N)c(N)n(Cc3cccnc3)c(=S)c2CO1. The van der Waals surface area contributed by atoms with E-state index in [2.05, 4.69) is 11.1 Å². The molecule has 0 spiro atoms. The van der Waals surface area contributed by atoms with E-state index in [1.54, 1.807) is 17.0 Å². The van der Waals surface area contributed by atoms with E-state index < -0.39 is 0 Å². The molecule has 0 aromatic carbocycles. The Labute approximate surface area is 140 Å². The van der Waals surface area contributed by atoms with Crippen LogP contribution in [-0.4, -0.2) is 15.2 Å². The van der Waals surface area contributed by atoms with Crippen molar-refractivity contribution in [1.29, 1.82) is 5.26 Å². The highest BCUT2D eigenvalue weighted by Gasteiger charge is 2.31. The molecule has 0 saturated heterocycles. The highest BCUT2D eigenvalue weighted by molar-refractivity contribution is 7.71. The van der Waals surface area contributed by atoms with Crippen molar-refractivity contribution in [2.45, 2.75) is 39.0 Å². The maximum absolute atomic E-state index is 9.60. The average molecular weight is 326 g/mol. The van der Waals surface area contributed by atoms with Crippen LogP contribution >= 0.6 is 12.2 Å². The Morgan fingerprint density at radius 3 is 2.91 bits per heavy atom. The van der Waals surface area contributed by atoms with E-state index in [1.165, 1.54) is 0 Å². The van der Waals surface area contributed by atoms with Gasteiger partial charge in [0.05, 0.1) is 24.3 Å². The van der Waals surface area contributed by atoms with Crippen LogP contribution in [-0.2, 0) is 24.3 Å². The number of nitrogens with zero attached hydrogens (tertiary/aromatic N) is 3. The molecule has 0 bridgehead atoms. The number of nitrogen functional groups attached to an aromatic ring is 1. The summed E-state index contributed by atoms with van der Waals surface area (Å²) in [5.74, 6) is 0.415. The number of pyridine rings is 2. The lowest BCUT2D eigenvalue weighted by molar-refractivity contribution is -0.0406. The molecule has 0 aliphatic carbocycles. The van der Waals surface area contributed by atoms with Crippen molar-refractivity contribution in [2.75, 3.05) is 5.73 Å². The molecular formula is C17H18N4OS. The molecule has 23 heavy (non-hydrogen) atoms. The monoisotopic (exact) mass is 326 g/mol. The smallest absolute Gasteiger partial charge is 0.123 e. The van der Waals surface area contributed by atoms with Gasteiger partial charge in [-0.05, 0) is 31.0 Å². The van der Waals surface area contributed by atoms with Crippen molar-refractivity contribution >= 4 is 18.0 Å². The predicted molar refractivity (Wildman–Crippen MR) is 90.3 cm³/mol. The molecule has 2 N–H and O–H groups in total. The van der Waals surface area contributed by atoms with Gasteiger partial charge in [0, 0.05) is 24.4 Å². The number of aromatic nitrogens is 2. The topological polar surface area (TPSA) is 76.9 Å². The van der Waals surface area contributed by atoms with E-state index in [9.17, 15) is 5.26 Å². The molecule has 0 unspecified atom stereocenters. The Morgan fingerprint density at radius 1 is 1.48 bits per heavy atom. The molecule has 0 atom stereocenters. The fourth-order valence-electron chi connectivity index (χ4n) is 2.89. The van der Waals surface area contributed by atoms with Gasteiger partial charge >= 0.3 is 0 Å². The van der Waals surface area contributed by atoms with Crippen LogP contribution in [0.15, 0.2) is 24.5 Å². The second-order valence-electron chi connectivity index (χ2n) is 6.31. The van der Waals surface area contributed by atoms with Crippen molar-refractivity contribution in [3.63, 3.8) is 0 Å². The van der Waals surface area contributed by atoms with Gasteiger partial charge < -0.3 is 15.0 Å². The third-order valence-corrected chi connectivity index (χ3v) is 4.57. The van der Waals surface area contributed by atoms with E-state index in [0.29, 0.717) is 35.6 Å². The standard InChI is InChI=1S/C17H18N4OS/c1-17(2)6-12-13(7-18)15(19)21(16(23)14(12)10-22-17)9-11-4-3-5-20-8-11/h3-5,8H,6,9-10,19H2,1-2H3. The van der Waals surface area contributed by atoms with E-state index >= 15 is 0 Å². The third kappa shape index (κ3) is 2.85. The van der Waals surface area contributed by atoms with Gasteiger partial charge in [-0.1, -0.05) is 18.3 Å². The van der Waals surface area contributed by atoms with Gasteiger partial charge in [-0.3, -0.25) is 4.98 Å². The maximum Gasteiger partial charge on any atom is 0.123 e. The largest absolute Gasteiger partial charge is 0.384 e. The molecular weight excluding hydrogens is 308 g/mol. The number of hydrogen-bond donors (Lipinski definition) is 1. The minimum atomic E-state index is -0.317. The Kier molecular flexibility index (Phi) is 3.92. The molecule has 6 heteroatoms. The van der Waals surface area contributed by atoms with Gasteiger partial charge in [-0.2, -0.15) is 5.26 Å². The molecule has 5 nitrogen and oxygen atoms in total. The summed E-state index contributed by atoms with van der Waals surface area (Å²) in [7, 11) is 0. The normalized spacial score (nSPS) is 15.7. The molecule has 0 saturated carbocycles. The second-order valence-corrected chi connectivity index (χ2v) is 6.69. The summed E-state index contributed by atoms with van der Waals surface area (Å²) in [5, 5.41) is 9.60. The summed E-state index contributed by atoms with van der Waals surface area (Å²) in [6, 6.07) is 6.07. The number of hydrogen-bond acceptors (Lipinski definition) is 5. The molecule has 0 amide bonds. The number of fused-ring (bicyclic) bond motifs is 1. The van der Waals surface area contributed by atoms with Crippen LogP contribution in [0.4, 0.5) is 5.82 Å². The summed E-state index contributed by atoms with van der Waals surface area (Å²) >= 11 is 5.62. The summed E-state index contributed by atoms with van der Waals surface area (Å²) < 4.78 is 8.31. The first-order chi connectivity index (χ1) is 10.9. The van der Waals surface area contributed by atoms with Crippen molar-refractivity contribution in [3.05, 3.63) is 51.4 Å². The number of anilines is 1. The van der Waals surface area contributed by atoms with Gasteiger partial charge in [-0.15, -0.1) is 0 Å². The van der Waals surface area contributed by atoms with Crippen molar-refractivity contribution in [2.24, 2.45) is 0 Å². The summed E-state index contributed by atoms with van der Waals surface area (Å²) in [4.78, 5) is 4.11. The number of ether oxygens (including phenoxy) is 1.